The van der Waals surface area contributed by atoms with E-state index in [2.05, 4.69) is 20.4 Å². The second kappa shape index (κ2) is 17.8. The zero-order chi connectivity index (χ0) is 38.1. The predicted octanol–water partition coefficient (Wildman–Crippen LogP) is 5.83. The van der Waals surface area contributed by atoms with Crippen LogP contribution in [0.5, 0.6) is 5.75 Å². The lowest BCUT2D eigenvalue weighted by Crippen LogP contribution is -2.54. The Kier molecular flexibility index (Phi) is 13.7. The molecule has 284 valence electrons. The number of aromatic nitrogens is 2. The lowest BCUT2D eigenvalue weighted by molar-refractivity contribution is -0.274. The summed E-state index contributed by atoms with van der Waals surface area (Å²) in [5.41, 5.74) is 0.533. The van der Waals surface area contributed by atoms with Crippen LogP contribution in [-0.2, 0) is 27.2 Å². The molecule has 11 nitrogen and oxygen atoms in total. The van der Waals surface area contributed by atoms with Gasteiger partial charge in [0.1, 0.15) is 17.4 Å². The van der Waals surface area contributed by atoms with Crippen molar-refractivity contribution in [1.29, 1.82) is 0 Å². The number of likely N-dealkylation sites (tertiary alicyclic amines) is 1. The molecule has 3 aromatic rings. The van der Waals surface area contributed by atoms with Crippen LogP contribution in [0.2, 0.25) is 0 Å². The summed E-state index contributed by atoms with van der Waals surface area (Å²) in [4.78, 5) is 46.7. The number of carbonyl (C=O) groups excluding carboxylic acids is 3. The number of alkyl carbamates (subject to hydrolysis) is 1. The maximum Gasteiger partial charge on any atom is 0.573 e. The number of carbonyl (C=O) groups is 3. The summed E-state index contributed by atoms with van der Waals surface area (Å²) >= 11 is 0. The first-order valence-corrected chi connectivity index (χ1v) is 17.6. The second-order valence-corrected chi connectivity index (χ2v) is 14.6. The monoisotopic (exact) mass is 729 g/mol. The maximum absolute atomic E-state index is 14.1. The van der Waals surface area contributed by atoms with Crippen molar-refractivity contribution in [2.75, 3.05) is 13.1 Å². The minimum absolute atomic E-state index is 0.0228. The number of hydrogen-bond donors (Lipinski definition) is 3. The van der Waals surface area contributed by atoms with Crippen molar-refractivity contribution in [3.8, 4) is 5.75 Å². The molecule has 1 aromatic heterocycles. The molecule has 2 aromatic carbocycles. The summed E-state index contributed by atoms with van der Waals surface area (Å²) < 4.78 is 49.9. The van der Waals surface area contributed by atoms with Crippen LogP contribution in [0.15, 0.2) is 73.3 Å². The van der Waals surface area contributed by atoms with Crippen molar-refractivity contribution in [1.82, 2.24) is 25.1 Å². The fourth-order valence-electron chi connectivity index (χ4n) is 6.31. The van der Waals surface area contributed by atoms with Crippen molar-refractivity contribution in [2.45, 2.75) is 103 Å². The Morgan fingerprint density at radius 2 is 1.58 bits per heavy atom. The topological polar surface area (TPSA) is 135 Å². The van der Waals surface area contributed by atoms with Gasteiger partial charge in [0.25, 0.3) is 0 Å². The highest BCUT2D eigenvalue weighted by atomic mass is 19.4. The van der Waals surface area contributed by atoms with Crippen molar-refractivity contribution in [3.63, 3.8) is 0 Å². The molecule has 4 rings (SSSR count). The third kappa shape index (κ3) is 12.6. The van der Waals surface area contributed by atoms with E-state index in [1.807, 2.05) is 54.9 Å². The van der Waals surface area contributed by atoms with E-state index < -0.39 is 53.8 Å². The molecular formula is C38H50F3N5O6. The van der Waals surface area contributed by atoms with E-state index in [1.165, 1.54) is 12.1 Å². The van der Waals surface area contributed by atoms with Gasteiger partial charge in [0.2, 0.25) is 11.8 Å². The van der Waals surface area contributed by atoms with Crippen molar-refractivity contribution >= 4 is 17.9 Å². The third-order valence-corrected chi connectivity index (χ3v) is 8.95. The molecular weight excluding hydrogens is 679 g/mol. The Bertz CT molecular complexity index is 1570. The SMILES string of the molecule is CC(C)[C@H](NC(=O)[C@H](Cc1ccc(OC(F)(F)F)cc1)C[C@H](O)[C@H](Cc1ccccc1)NC(=O)OC(C)(C)C)C(=O)N1CCC(n2ccnc2)CC1. The molecule has 0 spiro atoms. The molecule has 1 aliphatic rings. The molecule has 1 fully saturated rings. The Balaban J connectivity index is 1.55. The van der Waals surface area contributed by atoms with Gasteiger partial charge in [-0.3, -0.25) is 9.59 Å². The number of nitrogens with zero attached hydrogens (tertiary/aromatic N) is 3. The van der Waals surface area contributed by atoms with Gasteiger partial charge < -0.3 is 34.7 Å². The highest BCUT2D eigenvalue weighted by molar-refractivity contribution is 5.89. The first kappa shape index (κ1) is 40.2. The number of hydrogen-bond acceptors (Lipinski definition) is 7. The van der Waals surface area contributed by atoms with Gasteiger partial charge in [0.15, 0.2) is 0 Å². The molecule has 1 aliphatic heterocycles. The molecule has 1 saturated heterocycles. The van der Waals surface area contributed by atoms with Gasteiger partial charge in [0.05, 0.1) is 18.5 Å². The number of alkyl halides is 3. The number of benzene rings is 2. The summed E-state index contributed by atoms with van der Waals surface area (Å²) in [7, 11) is 0. The number of ether oxygens (including phenoxy) is 2. The predicted molar refractivity (Wildman–Crippen MR) is 188 cm³/mol. The van der Waals surface area contributed by atoms with E-state index in [9.17, 15) is 32.7 Å². The summed E-state index contributed by atoms with van der Waals surface area (Å²) in [5, 5.41) is 17.4. The summed E-state index contributed by atoms with van der Waals surface area (Å²) in [6.07, 6.45) is 0.0895. The van der Waals surface area contributed by atoms with Crippen molar-refractivity contribution in [2.24, 2.45) is 11.8 Å². The standard InChI is InChI=1S/C38H50F3N5O6/c1-25(2)33(35(49)45-18-15-29(16-19-45)46-20-17-42-24-46)44-34(48)28(21-27-11-13-30(14-12-27)51-38(39,40)41)23-32(47)31(22-26-9-7-6-8-10-26)43-36(50)52-37(3,4)5/h6-14,17,20,24-25,28-29,31-33,47H,15-16,18-19,21-23H2,1-5H3,(H,43,50)(H,44,48)/t28-,31+,32+,33+/m1/s1. The smallest absolute Gasteiger partial charge is 0.444 e. The second-order valence-electron chi connectivity index (χ2n) is 14.6. The van der Waals surface area contributed by atoms with Crippen LogP contribution in [0.1, 0.15) is 71.0 Å². The fourth-order valence-corrected chi connectivity index (χ4v) is 6.31. The van der Waals surface area contributed by atoms with Gasteiger partial charge in [-0.25, -0.2) is 9.78 Å². The van der Waals surface area contributed by atoms with E-state index in [4.69, 9.17) is 4.74 Å². The molecule has 4 atom stereocenters. The quantitative estimate of drug-likeness (QED) is 0.190. The Hall–Kier alpha value is -4.59. The third-order valence-electron chi connectivity index (χ3n) is 8.95. The van der Waals surface area contributed by atoms with Crippen molar-refractivity contribution in [3.05, 3.63) is 84.4 Å². The zero-order valence-electron chi connectivity index (χ0n) is 30.3. The van der Waals surface area contributed by atoms with Crippen LogP contribution in [0.25, 0.3) is 0 Å². The number of rotatable bonds is 14. The molecule has 52 heavy (non-hydrogen) atoms. The molecule has 0 saturated carbocycles. The molecule has 0 bridgehead atoms. The average molecular weight is 730 g/mol. The highest BCUT2D eigenvalue weighted by Crippen LogP contribution is 2.26. The summed E-state index contributed by atoms with van der Waals surface area (Å²) in [6, 6.07) is 12.8. The van der Waals surface area contributed by atoms with Crippen LogP contribution in [0, 0.1) is 11.8 Å². The summed E-state index contributed by atoms with van der Waals surface area (Å²) in [5.74, 6) is -2.35. The number of aliphatic hydroxyl groups excluding tert-OH is 1. The van der Waals surface area contributed by atoms with Crippen LogP contribution in [-0.4, -0.2) is 80.7 Å². The van der Waals surface area contributed by atoms with E-state index in [0.29, 0.717) is 18.7 Å². The van der Waals surface area contributed by atoms with E-state index >= 15 is 0 Å². The number of imidazole rings is 1. The van der Waals surface area contributed by atoms with Gasteiger partial charge in [-0.2, -0.15) is 0 Å². The minimum Gasteiger partial charge on any atom is -0.444 e. The van der Waals surface area contributed by atoms with Crippen LogP contribution < -0.4 is 15.4 Å². The Morgan fingerprint density at radius 3 is 2.13 bits per heavy atom. The molecule has 2 heterocycles. The molecule has 3 N–H and O–H groups in total. The lowest BCUT2D eigenvalue weighted by Gasteiger charge is -2.36. The number of amides is 3. The fraction of sp³-hybridized carbons (Fsp3) is 0.526. The van der Waals surface area contributed by atoms with E-state index in [0.717, 1.165) is 30.5 Å². The molecule has 0 aliphatic carbocycles. The lowest BCUT2D eigenvalue weighted by atomic mass is 9.88. The zero-order valence-corrected chi connectivity index (χ0v) is 30.3. The number of aliphatic hydroxyl groups is 1. The maximum atomic E-state index is 14.1. The van der Waals surface area contributed by atoms with Gasteiger partial charge in [-0.15, -0.1) is 13.2 Å². The summed E-state index contributed by atoms with van der Waals surface area (Å²) in [6.45, 7) is 9.84. The number of nitrogens with one attached hydrogen (secondary N) is 2. The normalized spacial score (nSPS) is 16.5. The Labute approximate surface area is 302 Å². The van der Waals surface area contributed by atoms with Crippen LogP contribution in [0.4, 0.5) is 18.0 Å². The molecule has 0 unspecified atom stereocenters. The van der Waals surface area contributed by atoms with Gasteiger partial charge in [-0.05, 0) is 82.1 Å². The van der Waals surface area contributed by atoms with E-state index in [-0.39, 0.29) is 37.1 Å². The average Bonchev–Trinajstić information content (AvgIpc) is 3.61. The van der Waals surface area contributed by atoms with E-state index in [1.54, 1.807) is 38.2 Å². The van der Waals surface area contributed by atoms with Crippen LogP contribution >= 0.6 is 0 Å². The first-order valence-electron chi connectivity index (χ1n) is 17.6. The minimum atomic E-state index is -4.86. The first-order chi connectivity index (χ1) is 24.5. The molecule has 14 heteroatoms. The largest absolute Gasteiger partial charge is 0.573 e. The van der Waals surface area contributed by atoms with Crippen LogP contribution in [0.3, 0.4) is 0 Å². The number of piperidine rings is 1. The van der Waals surface area contributed by atoms with Crippen molar-refractivity contribution < 1.29 is 42.1 Å². The molecule has 3 amide bonds. The van der Waals surface area contributed by atoms with Gasteiger partial charge in [0, 0.05) is 37.4 Å². The Morgan fingerprint density at radius 1 is 0.942 bits per heavy atom. The van der Waals surface area contributed by atoms with Gasteiger partial charge >= 0.3 is 12.5 Å². The molecule has 0 radical (unpaired) electrons. The number of halogens is 3. The van der Waals surface area contributed by atoms with Gasteiger partial charge in [-0.1, -0.05) is 56.3 Å². The highest BCUT2D eigenvalue weighted by Gasteiger charge is 2.36.